The number of hydrogen-bond acceptors (Lipinski definition) is 0. The van der Waals surface area contributed by atoms with Crippen LogP contribution in [-0.2, 0) is 26.2 Å². The molecule has 0 nitrogen and oxygen atoms in total. The second-order valence-electron chi connectivity index (χ2n) is 5.23. The number of hydrogen-bond donors (Lipinski definition) is 0. The van der Waals surface area contributed by atoms with E-state index in [1.165, 1.54) is 24.0 Å². The van der Waals surface area contributed by atoms with Crippen molar-refractivity contribution in [3.05, 3.63) is 47.1 Å². The summed E-state index contributed by atoms with van der Waals surface area (Å²) in [6.07, 6.45) is 16.0. The first kappa shape index (κ1) is 25.4. The van der Waals surface area contributed by atoms with Gasteiger partial charge in [-0.1, -0.05) is 52.9 Å². The molecule has 2 rings (SSSR count). The topological polar surface area (TPSA) is 0 Å². The number of allylic oxidation sites excluding steroid dienone is 8. The van der Waals surface area contributed by atoms with Crippen molar-refractivity contribution in [1.29, 1.82) is 0 Å². The van der Waals surface area contributed by atoms with Crippen molar-refractivity contribution in [2.24, 2.45) is 5.41 Å². The number of halogens is 2. The molecule has 0 aliphatic heterocycles. The fraction of sp³-hybridized carbons (Fsp3) is 0.529. The third kappa shape index (κ3) is 7.44. The maximum Gasteiger partial charge on any atom is 4.00 e. The summed E-state index contributed by atoms with van der Waals surface area (Å²) in [4.78, 5) is 0. The zero-order valence-corrected chi connectivity index (χ0v) is 17.1. The first-order chi connectivity index (χ1) is 7.99. The second kappa shape index (κ2) is 12.0. The SMILES string of the molecule is CCCC1=C(C)C(C)(C)[C-]=C1C.[C-]1=CC=CC1.[Cl-].[Cl-].[Zr+4]. The molecule has 110 valence electrons. The summed E-state index contributed by atoms with van der Waals surface area (Å²) in [5, 5.41) is 0. The zero-order chi connectivity index (χ0) is 12.9. The summed E-state index contributed by atoms with van der Waals surface area (Å²) in [6, 6.07) is 0. The predicted octanol–water partition coefficient (Wildman–Crippen LogP) is -0.797. The Balaban J connectivity index is -0.000000312. The third-order valence-electron chi connectivity index (χ3n) is 3.43. The Kier molecular flexibility index (Phi) is 15.2. The number of rotatable bonds is 2. The molecule has 0 atom stereocenters. The van der Waals surface area contributed by atoms with E-state index in [1.54, 1.807) is 5.57 Å². The molecule has 0 saturated carbocycles. The van der Waals surface area contributed by atoms with Crippen molar-refractivity contribution in [3.63, 3.8) is 0 Å². The molecule has 0 aromatic heterocycles. The molecule has 0 aromatic carbocycles. The first-order valence-electron chi connectivity index (χ1n) is 6.53. The molecule has 0 N–H and O–H groups in total. The van der Waals surface area contributed by atoms with Crippen LogP contribution in [0.15, 0.2) is 34.9 Å². The molecule has 3 heteroatoms. The molecule has 2 aliphatic carbocycles. The average Bonchev–Trinajstić information content (AvgIpc) is 2.86. The van der Waals surface area contributed by atoms with Gasteiger partial charge in [0.15, 0.2) is 0 Å². The predicted molar refractivity (Wildman–Crippen MR) is 75.4 cm³/mol. The molecular weight excluding hydrogens is 366 g/mol. The zero-order valence-electron chi connectivity index (χ0n) is 13.1. The standard InChI is InChI=1S/C12H19.C5H5.2ClH.Zr/c1-6-7-11-9(2)8-12(4,5)10(11)3;1-2-4-5-3-1;;;/h6-7H2,1-5H3;1-3H,4H2;2*1H;/q2*-1;;;+4/p-2. The van der Waals surface area contributed by atoms with Crippen LogP contribution in [0, 0.1) is 17.6 Å². The Labute approximate surface area is 156 Å². The van der Waals surface area contributed by atoms with Crippen LogP contribution >= 0.6 is 0 Å². The van der Waals surface area contributed by atoms with Gasteiger partial charge in [0.05, 0.1) is 0 Å². The molecule has 0 aromatic rings. The third-order valence-corrected chi connectivity index (χ3v) is 3.43. The van der Waals surface area contributed by atoms with Crippen LogP contribution in [0.25, 0.3) is 0 Å². The van der Waals surface area contributed by atoms with E-state index in [2.05, 4.69) is 52.8 Å². The Bertz CT molecular complexity index is 378. The summed E-state index contributed by atoms with van der Waals surface area (Å²) < 4.78 is 0. The fourth-order valence-corrected chi connectivity index (χ4v) is 2.26. The summed E-state index contributed by atoms with van der Waals surface area (Å²) in [7, 11) is 0. The van der Waals surface area contributed by atoms with E-state index < -0.39 is 0 Å². The van der Waals surface area contributed by atoms with Crippen LogP contribution in [-0.4, -0.2) is 0 Å². The van der Waals surface area contributed by atoms with Gasteiger partial charge in [0.2, 0.25) is 0 Å². The second-order valence-corrected chi connectivity index (χ2v) is 5.23. The van der Waals surface area contributed by atoms with E-state index in [9.17, 15) is 0 Å². The average molecular weight is 391 g/mol. The summed E-state index contributed by atoms with van der Waals surface area (Å²) in [5.74, 6) is 0. The molecule has 0 unspecified atom stereocenters. The molecule has 0 amide bonds. The molecule has 0 saturated heterocycles. The summed E-state index contributed by atoms with van der Waals surface area (Å²) >= 11 is 0. The van der Waals surface area contributed by atoms with Crippen molar-refractivity contribution >= 4 is 0 Å². The van der Waals surface area contributed by atoms with Crippen LogP contribution in [0.5, 0.6) is 0 Å². The monoisotopic (exact) mass is 388 g/mol. The van der Waals surface area contributed by atoms with Gasteiger partial charge in [-0.3, -0.25) is 12.2 Å². The Morgan fingerprint density at radius 1 is 1.20 bits per heavy atom. The van der Waals surface area contributed by atoms with Crippen LogP contribution in [0.3, 0.4) is 0 Å². The van der Waals surface area contributed by atoms with Crippen molar-refractivity contribution in [1.82, 2.24) is 0 Å². The fourth-order valence-electron chi connectivity index (χ4n) is 2.26. The minimum Gasteiger partial charge on any atom is -1.00 e. The molecule has 0 heterocycles. The smallest absolute Gasteiger partial charge is 1.00 e. The Hall–Kier alpha value is 0.423. The van der Waals surface area contributed by atoms with Crippen molar-refractivity contribution < 1.29 is 51.0 Å². The quantitative estimate of drug-likeness (QED) is 0.542. The van der Waals surface area contributed by atoms with Gasteiger partial charge < -0.3 is 24.8 Å². The largest absolute Gasteiger partial charge is 4.00 e. The van der Waals surface area contributed by atoms with E-state index in [1.807, 2.05) is 12.2 Å². The molecule has 0 fully saturated rings. The molecular formula is C17H24Cl2Zr. The summed E-state index contributed by atoms with van der Waals surface area (Å²) in [6.45, 7) is 11.2. The van der Waals surface area contributed by atoms with Crippen LogP contribution in [0.2, 0.25) is 0 Å². The van der Waals surface area contributed by atoms with Gasteiger partial charge in [0.25, 0.3) is 0 Å². The van der Waals surface area contributed by atoms with Gasteiger partial charge in [-0.05, 0) is 0 Å². The molecule has 2 aliphatic rings. The van der Waals surface area contributed by atoms with E-state index in [0.29, 0.717) is 0 Å². The molecule has 0 radical (unpaired) electrons. The van der Waals surface area contributed by atoms with Gasteiger partial charge in [0.1, 0.15) is 0 Å². The van der Waals surface area contributed by atoms with Crippen LogP contribution in [0.4, 0.5) is 0 Å². The molecule has 0 spiro atoms. The first-order valence-corrected chi connectivity index (χ1v) is 6.53. The van der Waals surface area contributed by atoms with Gasteiger partial charge in [0, 0.05) is 0 Å². The van der Waals surface area contributed by atoms with Crippen molar-refractivity contribution in [2.75, 3.05) is 0 Å². The maximum absolute atomic E-state index is 3.52. The summed E-state index contributed by atoms with van der Waals surface area (Å²) in [5.41, 5.74) is 4.62. The van der Waals surface area contributed by atoms with E-state index in [0.717, 1.165) is 6.42 Å². The Morgan fingerprint density at radius 3 is 2.05 bits per heavy atom. The Morgan fingerprint density at radius 2 is 1.80 bits per heavy atom. The van der Waals surface area contributed by atoms with E-state index in [4.69, 9.17) is 0 Å². The normalized spacial score (nSPS) is 17.4. The van der Waals surface area contributed by atoms with Gasteiger partial charge in [-0.25, -0.2) is 17.7 Å². The van der Waals surface area contributed by atoms with Crippen LogP contribution < -0.4 is 24.8 Å². The minimum absolute atomic E-state index is 0. The minimum atomic E-state index is 0. The maximum atomic E-state index is 3.52. The van der Waals surface area contributed by atoms with Gasteiger partial charge in [-0.15, -0.1) is 6.42 Å². The molecule has 20 heavy (non-hydrogen) atoms. The van der Waals surface area contributed by atoms with Crippen molar-refractivity contribution in [3.8, 4) is 0 Å². The molecule has 0 bridgehead atoms. The van der Waals surface area contributed by atoms with E-state index in [-0.39, 0.29) is 56.4 Å². The van der Waals surface area contributed by atoms with Crippen molar-refractivity contribution in [2.45, 2.75) is 53.9 Å². The van der Waals surface area contributed by atoms with Crippen LogP contribution in [0.1, 0.15) is 53.9 Å². The van der Waals surface area contributed by atoms with E-state index >= 15 is 0 Å². The van der Waals surface area contributed by atoms with Gasteiger partial charge >= 0.3 is 26.2 Å². The van der Waals surface area contributed by atoms with Gasteiger partial charge in [-0.2, -0.15) is 17.2 Å².